The fourth-order valence-electron chi connectivity index (χ4n) is 5.45. The molecule has 4 aromatic carbocycles. The van der Waals surface area contributed by atoms with Crippen molar-refractivity contribution in [3.8, 4) is 12.1 Å². The molecule has 4 aromatic rings. The number of nitriles is 2. The maximum absolute atomic E-state index is 9.39. The fourth-order valence-corrected chi connectivity index (χ4v) is 5.45. The maximum Gasteiger partial charge on any atom is 0.187 e. The molecule has 0 N–H and O–H groups in total. The summed E-state index contributed by atoms with van der Waals surface area (Å²) in [6.07, 6.45) is 0. The molecule has 42 heavy (non-hydrogen) atoms. The van der Waals surface area contributed by atoms with Gasteiger partial charge in [-0.2, -0.15) is 10.5 Å². The second-order valence-electron chi connectivity index (χ2n) is 9.83. The summed E-state index contributed by atoms with van der Waals surface area (Å²) >= 11 is 0. The zero-order valence-corrected chi connectivity index (χ0v) is 22.6. The summed E-state index contributed by atoms with van der Waals surface area (Å²) in [4.78, 5) is 16.2. The van der Waals surface area contributed by atoms with Crippen LogP contribution >= 0.6 is 0 Å². The Hall–Kier alpha value is -6.22. The SMILES string of the molecule is [C-]#[N+]c1ccc(N2CCN(c3ccc(C#N)cc3)/C2=C2\N(c3ccc(C#N)cc3)CCN2c2ccc([N+]#[C-])cc2)cc1. The third-order valence-corrected chi connectivity index (χ3v) is 7.51. The van der Waals surface area contributed by atoms with Crippen LogP contribution in [0.1, 0.15) is 11.1 Å². The standard InChI is InChI=1S/C34H24N8/c1-37-27-7-15-31(16-8-27)41-21-19-39(29-11-3-25(23-35)4-12-29)33(41)34-40(30-13-5-26(24-36)6-14-30)20-22-42(34)32-17-9-28(38-2)10-18-32/h3-18H,19-22H2/b34-33-. The molecule has 0 unspecified atom stereocenters. The van der Waals surface area contributed by atoms with Crippen molar-refractivity contribution in [1.82, 2.24) is 0 Å². The Balaban J connectivity index is 1.57. The van der Waals surface area contributed by atoms with Gasteiger partial charge in [0, 0.05) is 48.9 Å². The van der Waals surface area contributed by atoms with Crippen molar-refractivity contribution in [2.24, 2.45) is 0 Å². The lowest BCUT2D eigenvalue weighted by Crippen LogP contribution is -2.34. The first-order valence-electron chi connectivity index (χ1n) is 13.4. The van der Waals surface area contributed by atoms with Gasteiger partial charge in [-0.1, -0.05) is 24.3 Å². The summed E-state index contributed by atoms with van der Waals surface area (Å²) in [6.45, 7) is 17.6. The van der Waals surface area contributed by atoms with Gasteiger partial charge < -0.3 is 19.6 Å². The number of hydrogen-bond donors (Lipinski definition) is 0. The molecule has 0 aromatic heterocycles. The van der Waals surface area contributed by atoms with Gasteiger partial charge in [0.05, 0.1) is 36.4 Å². The molecule has 8 nitrogen and oxygen atoms in total. The van der Waals surface area contributed by atoms with E-state index < -0.39 is 0 Å². The van der Waals surface area contributed by atoms with Crippen LogP contribution in [0.2, 0.25) is 0 Å². The molecule has 0 radical (unpaired) electrons. The van der Waals surface area contributed by atoms with E-state index in [1.807, 2.05) is 97.1 Å². The van der Waals surface area contributed by atoms with Crippen molar-refractivity contribution >= 4 is 34.1 Å². The van der Waals surface area contributed by atoms with Crippen LogP contribution in [-0.2, 0) is 0 Å². The average Bonchev–Trinajstić information content (AvgIpc) is 3.70. The number of nitrogens with zero attached hydrogens (tertiary/aromatic N) is 8. The summed E-state index contributed by atoms with van der Waals surface area (Å²) in [5.74, 6) is 1.93. The normalized spacial score (nSPS) is 16.1. The Labute approximate surface area is 245 Å². The molecule has 0 saturated carbocycles. The average molecular weight is 545 g/mol. The van der Waals surface area contributed by atoms with Gasteiger partial charge in [0.15, 0.2) is 23.0 Å². The van der Waals surface area contributed by atoms with Gasteiger partial charge in [-0.3, -0.25) is 0 Å². The number of rotatable bonds is 4. The van der Waals surface area contributed by atoms with Gasteiger partial charge >= 0.3 is 0 Å². The predicted octanol–water partition coefficient (Wildman–Crippen LogP) is 7.01. The van der Waals surface area contributed by atoms with Crippen molar-refractivity contribution in [3.05, 3.63) is 143 Å². The molecule has 2 aliphatic rings. The minimum absolute atomic E-state index is 0.581. The van der Waals surface area contributed by atoms with Crippen LogP contribution in [0.4, 0.5) is 34.1 Å². The molecule has 2 heterocycles. The zero-order chi connectivity index (χ0) is 29.1. The second-order valence-corrected chi connectivity index (χ2v) is 9.83. The van der Waals surface area contributed by atoms with Crippen LogP contribution in [0.15, 0.2) is 109 Å². The van der Waals surface area contributed by atoms with Crippen LogP contribution in [0.3, 0.4) is 0 Å². The summed E-state index contributed by atoms with van der Waals surface area (Å²) in [6, 6.07) is 34.9. The van der Waals surface area contributed by atoms with Crippen LogP contribution in [-0.4, -0.2) is 26.2 Å². The van der Waals surface area contributed by atoms with Crippen molar-refractivity contribution < 1.29 is 0 Å². The van der Waals surface area contributed by atoms with Gasteiger partial charge in [0.1, 0.15) is 0 Å². The Bertz CT molecular complexity index is 1540. The van der Waals surface area contributed by atoms with Crippen LogP contribution in [0, 0.1) is 35.8 Å². The highest BCUT2D eigenvalue weighted by atomic mass is 15.5. The predicted molar refractivity (Wildman–Crippen MR) is 164 cm³/mol. The van der Waals surface area contributed by atoms with E-state index in [9.17, 15) is 10.5 Å². The van der Waals surface area contributed by atoms with Crippen LogP contribution < -0.4 is 19.6 Å². The van der Waals surface area contributed by atoms with E-state index in [0.717, 1.165) is 34.4 Å². The quantitative estimate of drug-likeness (QED) is 0.258. The van der Waals surface area contributed by atoms with E-state index >= 15 is 0 Å². The Morgan fingerprint density at radius 1 is 0.452 bits per heavy atom. The summed E-state index contributed by atoms with van der Waals surface area (Å²) in [5, 5.41) is 18.8. The van der Waals surface area contributed by atoms with Crippen molar-refractivity contribution in [2.45, 2.75) is 0 Å². The first kappa shape index (κ1) is 26.0. The molecule has 2 fully saturated rings. The first-order valence-corrected chi connectivity index (χ1v) is 13.4. The van der Waals surface area contributed by atoms with E-state index in [-0.39, 0.29) is 0 Å². The molecule has 0 atom stereocenters. The Kier molecular flexibility index (Phi) is 6.88. The highest BCUT2D eigenvalue weighted by Gasteiger charge is 2.38. The van der Waals surface area contributed by atoms with Crippen molar-refractivity contribution in [3.63, 3.8) is 0 Å². The highest BCUT2D eigenvalue weighted by Crippen LogP contribution is 2.40. The molecule has 0 bridgehead atoms. The minimum atomic E-state index is 0.581. The van der Waals surface area contributed by atoms with E-state index in [1.54, 1.807) is 0 Å². The first-order chi connectivity index (χ1) is 20.6. The van der Waals surface area contributed by atoms with E-state index in [4.69, 9.17) is 13.1 Å². The number of anilines is 4. The highest BCUT2D eigenvalue weighted by molar-refractivity contribution is 5.74. The lowest BCUT2D eigenvalue weighted by molar-refractivity contribution is 0.966. The van der Waals surface area contributed by atoms with E-state index in [1.165, 1.54) is 0 Å². The summed E-state index contributed by atoms with van der Waals surface area (Å²) in [7, 11) is 0. The molecule has 2 aliphatic heterocycles. The lowest BCUT2D eigenvalue weighted by atomic mass is 10.2. The lowest BCUT2D eigenvalue weighted by Gasteiger charge is -2.34. The molecule has 200 valence electrons. The molecule has 6 rings (SSSR count). The van der Waals surface area contributed by atoms with Crippen molar-refractivity contribution in [1.29, 1.82) is 10.5 Å². The van der Waals surface area contributed by atoms with Crippen LogP contribution in [0.5, 0.6) is 0 Å². The molecule has 0 spiro atoms. The third kappa shape index (κ3) is 4.71. The fraction of sp³-hybridized carbons (Fsp3) is 0.118. The number of benzene rings is 4. The van der Waals surface area contributed by atoms with Crippen molar-refractivity contribution in [2.75, 3.05) is 45.8 Å². The van der Waals surface area contributed by atoms with Gasteiger partial charge in [0.25, 0.3) is 0 Å². The smallest absolute Gasteiger partial charge is 0.187 e. The molecular formula is C34H24N8. The van der Waals surface area contributed by atoms with E-state index in [2.05, 4.69) is 41.4 Å². The topological polar surface area (TPSA) is 69.3 Å². The van der Waals surface area contributed by atoms with Gasteiger partial charge in [0.2, 0.25) is 0 Å². The molecule has 0 aliphatic carbocycles. The minimum Gasteiger partial charge on any atom is -0.323 e. The molecule has 2 saturated heterocycles. The summed E-state index contributed by atoms with van der Waals surface area (Å²) in [5.41, 5.74) is 6.22. The molecular weight excluding hydrogens is 520 g/mol. The van der Waals surface area contributed by atoms with Gasteiger partial charge in [-0.25, -0.2) is 9.69 Å². The summed E-state index contributed by atoms with van der Waals surface area (Å²) < 4.78 is 0. The van der Waals surface area contributed by atoms with E-state index in [0.29, 0.717) is 48.7 Å². The second kappa shape index (κ2) is 11.1. The monoisotopic (exact) mass is 544 g/mol. The Morgan fingerprint density at radius 2 is 0.714 bits per heavy atom. The Morgan fingerprint density at radius 3 is 0.952 bits per heavy atom. The molecule has 0 amide bonds. The third-order valence-electron chi connectivity index (χ3n) is 7.51. The van der Waals surface area contributed by atoms with Gasteiger partial charge in [-0.15, -0.1) is 0 Å². The largest absolute Gasteiger partial charge is 0.323 e. The zero-order valence-electron chi connectivity index (χ0n) is 22.6. The molecule has 8 heteroatoms. The maximum atomic E-state index is 9.39. The number of hydrogen-bond acceptors (Lipinski definition) is 6. The van der Waals surface area contributed by atoms with Crippen LogP contribution in [0.25, 0.3) is 9.69 Å². The van der Waals surface area contributed by atoms with Gasteiger partial charge in [-0.05, 0) is 72.8 Å².